The van der Waals surface area contributed by atoms with Crippen molar-refractivity contribution in [2.75, 3.05) is 31.2 Å². The van der Waals surface area contributed by atoms with Gasteiger partial charge in [-0.1, -0.05) is 97.8 Å². The van der Waals surface area contributed by atoms with Gasteiger partial charge in [-0.05, 0) is 65.9 Å². The maximum absolute atomic E-state index is 12.6. The van der Waals surface area contributed by atoms with Crippen LogP contribution in [0.2, 0.25) is 0 Å². The molecule has 0 unspecified atom stereocenters. The van der Waals surface area contributed by atoms with E-state index in [0.29, 0.717) is 30.8 Å². The van der Waals surface area contributed by atoms with Crippen LogP contribution in [-0.4, -0.2) is 48.1 Å². The van der Waals surface area contributed by atoms with Gasteiger partial charge in [0, 0.05) is 44.5 Å². The molecule has 1 heterocycles. The summed E-state index contributed by atoms with van der Waals surface area (Å²) in [5.74, 6) is -0.0231. The number of rotatable bonds is 18. The van der Waals surface area contributed by atoms with Gasteiger partial charge in [0.2, 0.25) is 11.8 Å². The van der Waals surface area contributed by atoms with Crippen molar-refractivity contribution >= 4 is 23.2 Å². The lowest BCUT2D eigenvalue weighted by Crippen LogP contribution is -2.37. The van der Waals surface area contributed by atoms with Crippen molar-refractivity contribution in [3.05, 3.63) is 132 Å². The number of amides is 2. The van der Waals surface area contributed by atoms with Crippen molar-refractivity contribution < 1.29 is 24.2 Å². The molecule has 0 radical (unpaired) electrons. The van der Waals surface area contributed by atoms with Crippen LogP contribution in [0.1, 0.15) is 79.6 Å². The highest BCUT2D eigenvalue weighted by molar-refractivity contribution is 5.93. The van der Waals surface area contributed by atoms with E-state index in [4.69, 9.17) is 15.2 Å². The van der Waals surface area contributed by atoms with Crippen LogP contribution in [0.3, 0.4) is 0 Å². The van der Waals surface area contributed by atoms with Crippen LogP contribution in [0.4, 0.5) is 11.4 Å². The van der Waals surface area contributed by atoms with Gasteiger partial charge in [-0.2, -0.15) is 0 Å². The molecule has 2 amide bonds. The molecule has 1 fully saturated rings. The number of carbonyl (C=O) groups is 2. The molecule has 1 saturated heterocycles. The smallest absolute Gasteiger partial charge is 0.224 e. The third-order valence-electron chi connectivity index (χ3n) is 9.30. The minimum atomic E-state index is -0.520. The molecule has 0 aliphatic carbocycles. The molecule has 4 aromatic rings. The highest BCUT2D eigenvalue weighted by Crippen LogP contribution is 2.38. The van der Waals surface area contributed by atoms with E-state index < -0.39 is 6.29 Å². The SMILES string of the molecule is C=CCN(C)C[C@@H]1C[C@H](c2ccc(CO)cc2)O[C@H](c2ccc(-c3cccc(CNC(=O)CCCCCCC(=O)Nc4ccccc4N)c3)cc2)O1. The van der Waals surface area contributed by atoms with E-state index in [1.807, 2.05) is 54.6 Å². The second-order valence-electron chi connectivity index (χ2n) is 13.5. The number of aliphatic hydroxyl groups is 1. The second-order valence-corrected chi connectivity index (χ2v) is 13.5. The van der Waals surface area contributed by atoms with Gasteiger partial charge in [-0.25, -0.2) is 0 Å². The van der Waals surface area contributed by atoms with Crippen molar-refractivity contribution in [1.29, 1.82) is 0 Å². The molecule has 3 atom stereocenters. The van der Waals surface area contributed by atoms with Crippen molar-refractivity contribution in [3.63, 3.8) is 0 Å². The van der Waals surface area contributed by atoms with E-state index in [9.17, 15) is 14.7 Å². The first kappa shape index (κ1) is 38.4. The summed E-state index contributed by atoms with van der Waals surface area (Å²) < 4.78 is 13.0. The molecule has 274 valence electrons. The molecule has 4 aromatic carbocycles. The summed E-state index contributed by atoms with van der Waals surface area (Å²) in [6, 6.07) is 31.6. The summed E-state index contributed by atoms with van der Waals surface area (Å²) in [6.45, 7) is 5.86. The largest absolute Gasteiger partial charge is 0.397 e. The van der Waals surface area contributed by atoms with Crippen LogP contribution in [-0.2, 0) is 32.2 Å². The number of hydrogen-bond donors (Lipinski definition) is 4. The van der Waals surface area contributed by atoms with Gasteiger partial charge in [0.25, 0.3) is 0 Å². The summed E-state index contributed by atoms with van der Waals surface area (Å²) in [5, 5.41) is 15.4. The minimum Gasteiger partial charge on any atom is -0.397 e. The van der Waals surface area contributed by atoms with E-state index >= 15 is 0 Å². The van der Waals surface area contributed by atoms with E-state index in [-0.39, 0.29) is 30.6 Å². The van der Waals surface area contributed by atoms with Gasteiger partial charge in [0.05, 0.1) is 30.2 Å². The summed E-state index contributed by atoms with van der Waals surface area (Å²) >= 11 is 0. The molecule has 5 N–H and O–H groups in total. The molecule has 0 bridgehead atoms. The number of carbonyl (C=O) groups excluding carboxylic acids is 2. The van der Waals surface area contributed by atoms with Gasteiger partial charge in [0.1, 0.15) is 0 Å². The molecule has 1 aliphatic heterocycles. The van der Waals surface area contributed by atoms with Gasteiger partial charge >= 0.3 is 0 Å². The summed E-state index contributed by atoms with van der Waals surface area (Å²) in [7, 11) is 2.06. The fourth-order valence-corrected chi connectivity index (χ4v) is 6.41. The molecular formula is C43H52N4O5. The Labute approximate surface area is 307 Å². The standard InChI is InChI=1S/C43H52N4O5/c1-3-25-47(2)29-37-27-40(34-19-17-31(30-48)18-20-34)52-43(51-37)35-23-21-33(22-24-35)36-12-10-11-32(26-36)28-45-41(49)15-6-4-5-7-16-42(50)46-39-14-9-8-13-38(39)44/h3,8-14,17-24,26,37,40,43,48H,1,4-7,15-16,25,27-30,44H2,2H3,(H,45,49)(H,46,50)/t37-,40+,43+/m0/s1. The predicted molar refractivity (Wildman–Crippen MR) is 207 cm³/mol. The molecule has 1 aliphatic rings. The fraction of sp³-hybridized carbons (Fsp3) is 0.349. The Bertz CT molecular complexity index is 1740. The third-order valence-corrected chi connectivity index (χ3v) is 9.30. The summed E-state index contributed by atoms with van der Waals surface area (Å²) in [6.07, 6.45) is 6.14. The monoisotopic (exact) mass is 704 g/mol. The topological polar surface area (TPSA) is 126 Å². The lowest BCUT2D eigenvalue weighted by Gasteiger charge is -2.37. The number of nitrogens with zero attached hydrogens (tertiary/aromatic N) is 1. The Kier molecular flexibility index (Phi) is 14.6. The minimum absolute atomic E-state index is 0.00853. The normalized spacial score (nSPS) is 17.1. The number of unbranched alkanes of at least 4 members (excludes halogenated alkanes) is 3. The van der Waals surface area contributed by atoms with Gasteiger partial charge in [-0.15, -0.1) is 6.58 Å². The molecule has 0 aromatic heterocycles. The number of likely N-dealkylation sites (N-methyl/N-ethyl adjacent to an activating group) is 1. The molecule has 9 heteroatoms. The van der Waals surface area contributed by atoms with Crippen molar-refractivity contribution in [2.45, 2.75) is 76.6 Å². The highest BCUT2D eigenvalue weighted by atomic mass is 16.7. The Morgan fingerprint density at radius 2 is 1.56 bits per heavy atom. The molecular weight excluding hydrogens is 652 g/mol. The first-order valence-electron chi connectivity index (χ1n) is 18.2. The first-order valence-corrected chi connectivity index (χ1v) is 18.2. The fourth-order valence-electron chi connectivity index (χ4n) is 6.41. The Morgan fingerprint density at radius 1 is 0.846 bits per heavy atom. The zero-order valence-electron chi connectivity index (χ0n) is 30.1. The maximum atomic E-state index is 12.6. The Hall–Kier alpha value is -4.80. The third kappa shape index (κ3) is 11.6. The Balaban J connectivity index is 1.09. The quantitative estimate of drug-likeness (QED) is 0.0476. The van der Waals surface area contributed by atoms with Crippen molar-refractivity contribution in [3.8, 4) is 11.1 Å². The number of ether oxygens (including phenoxy) is 2. The van der Waals surface area contributed by atoms with Crippen LogP contribution in [0.25, 0.3) is 11.1 Å². The summed E-state index contributed by atoms with van der Waals surface area (Å²) in [4.78, 5) is 27.0. The average molecular weight is 705 g/mol. The number of para-hydroxylation sites is 2. The molecule has 5 rings (SSSR count). The van der Waals surface area contributed by atoms with Crippen LogP contribution in [0.5, 0.6) is 0 Å². The van der Waals surface area contributed by atoms with Crippen LogP contribution in [0, 0.1) is 0 Å². The molecule has 0 saturated carbocycles. The zero-order chi connectivity index (χ0) is 36.7. The number of nitrogen functional groups attached to an aromatic ring is 1. The maximum Gasteiger partial charge on any atom is 0.224 e. The first-order chi connectivity index (χ1) is 25.3. The van der Waals surface area contributed by atoms with E-state index in [2.05, 4.69) is 65.6 Å². The van der Waals surface area contributed by atoms with Crippen molar-refractivity contribution in [2.24, 2.45) is 0 Å². The molecule has 52 heavy (non-hydrogen) atoms. The van der Waals surface area contributed by atoms with E-state index in [1.54, 1.807) is 12.1 Å². The van der Waals surface area contributed by atoms with Gasteiger partial charge in [-0.3, -0.25) is 9.59 Å². The number of benzene rings is 4. The number of aliphatic hydroxyl groups excluding tert-OH is 1. The summed E-state index contributed by atoms with van der Waals surface area (Å²) in [5.41, 5.74) is 13.1. The van der Waals surface area contributed by atoms with Crippen molar-refractivity contribution in [1.82, 2.24) is 10.2 Å². The number of nitrogens with one attached hydrogen (secondary N) is 2. The van der Waals surface area contributed by atoms with E-state index in [0.717, 1.165) is 78.6 Å². The number of hydrogen-bond acceptors (Lipinski definition) is 7. The van der Waals surface area contributed by atoms with Crippen LogP contribution in [0.15, 0.2) is 110 Å². The predicted octanol–water partition coefficient (Wildman–Crippen LogP) is 7.69. The number of nitrogens with two attached hydrogens (primary N) is 1. The molecule has 0 spiro atoms. The highest BCUT2D eigenvalue weighted by Gasteiger charge is 2.32. The average Bonchev–Trinajstić information content (AvgIpc) is 3.16. The lowest BCUT2D eigenvalue weighted by atomic mass is 9.99. The lowest BCUT2D eigenvalue weighted by molar-refractivity contribution is -0.252. The molecule has 9 nitrogen and oxygen atoms in total. The van der Waals surface area contributed by atoms with Crippen LogP contribution < -0.4 is 16.4 Å². The van der Waals surface area contributed by atoms with Gasteiger partial charge < -0.3 is 35.8 Å². The van der Waals surface area contributed by atoms with Gasteiger partial charge in [0.15, 0.2) is 6.29 Å². The zero-order valence-corrected chi connectivity index (χ0v) is 30.1. The van der Waals surface area contributed by atoms with Crippen LogP contribution >= 0.6 is 0 Å². The van der Waals surface area contributed by atoms with E-state index in [1.165, 1.54) is 0 Å². The Morgan fingerprint density at radius 3 is 2.27 bits per heavy atom. The number of anilines is 2. The second kappa shape index (κ2) is 19.7.